The van der Waals surface area contributed by atoms with Crippen molar-refractivity contribution in [2.24, 2.45) is 5.92 Å². The van der Waals surface area contributed by atoms with Gasteiger partial charge in [-0.2, -0.15) is 8.78 Å². The molecule has 0 radical (unpaired) electrons. The van der Waals surface area contributed by atoms with Gasteiger partial charge in [-0.3, -0.25) is 14.6 Å². The summed E-state index contributed by atoms with van der Waals surface area (Å²) >= 11 is 0. The summed E-state index contributed by atoms with van der Waals surface area (Å²) in [6, 6.07) is 4.95. The van der Waals surface area contributed by atoms with Crippen LogP contribution in [0.4, 0.5) is 17.6 Å². The Bertz CT molecular complexity index is 598. The third-order valence-corrected chi connectivity index (χ3v) is 3.90. The van der Waals surface area contributed by atoms with Crippen LogP contribution in [-0.2, 0) is 9.53 Å². The second-order valence-electron chi connectivity index (χ2n) is 5.81. The van der Waals surface area contributed by atoms with E-state index in [4.69, 9.17) is 0 Å². The molecule has 0 aliphatic carbocycles. The molecule has 9 heteroatoms. The van der Waals surface area contributed by atoms with Crippen molar-refractivity contribution in [3.05, 3.63) is 30.1 Å². The van der Waals surface area contributed by atoms with Gasteiger partial charge in [0.2, 0.25) is 5.91 Å². The largest absolute Gasteiger partial charge is 0.365 e. The van der Waals surface area contributed by atoms with Crippen molar-refractivity contribution < 1.29 is 31.9 Å². The average molecular weight is 362 g/mol. The van der Waals surface area contributed by atoms with E-state index >= 15 is 0 Å². The Morgan fingerprint density at radius 2 is 2.12 bits per heavy atom. The molecule has 2 rings (SSSR count). The molecule has 1 saturated heterocycles. The van der Waals surface area contributed by atoms with E-state index in [0.717, 1.165) is 0 Å². The molecule has 0 saturated carbocycles. The van der Waals surface area contributed by atoms with Crippen LogP contribution in [0.2, 0.25) is 0 Å². The lowest BCUT2D eigenvalue weighted by atomic mass is 9.92. The first-order valence-electron chi connectivity index (χ1n) is 7.78. The van der Waals surface area contributed by atoms with Crippen molar-refractivity contribution in [1.82, 2.24) is 9.88 Å². The van der Waals surface area contributed by atoms with E-state index in [0.29, 0.717) is 25.1 Å². The van der Waals surface area contributed by atoms with E-state index in [9.17, 15) is 27.2 Å². The number of halogens is 4. The van der Waals surface area contributed by atoms with Gasteiger partial charge in [0.05, 0.1) is 0 Å². The van der Waals surface area contributed by atoms with E-state index < -0.39 is 37.4 Å². The first-order chi connectivity index (χ1) is 11.8. The van der Waals surface area contributed by atoms with Gasteiger partial charge in [0.15, 0.2) is 5.78 Å². The summed E-state index contributed by atoms with van der Waals surface area (Å²) in [6.45, 7) is -1.77. The summed E-state index contributed by atoms with van der Waals surface area (Å²) in [5.41, 5.74) is 0.301. The van der Waals surface area contributed by atoms with Crippen LogP contribution in [0.25, 0.3) is 0 Å². The number of ketones is 1. The smallest absolute Gasteiger partial charge is 0.330 e. The van der Waals surface area contributed by atoms with Crippen LogP contribution in [0, 0.1) is 5.92 Å². The minimum absolute atomic E-state index is 0.128. The van der Waals surface area contributed by atoms with Gasteiger partial charge in [-0.05, 0) is 25.0 Å². The fraction of sp³-hybridized carbons (Fsp3) is 0.562. The highest BCUT2D eigenvalue weighted by Crippen LogP contribution is 2.23. The molecule has 0 aromatic carbocycles. The quantitative estimate of drug-likeness (QED) is 0.552. The van der Waals surface area contributed by atoms with Gasteiger partial charge in [-0.15, -0.1) is 0 Å². The predicted octanol–water partition coefficient (Wildman–Crippen LogP) is 2.42. The monoisotopic (exact) mass is 362 g/mol. The number of ether oxygens (including phenoxy) is 1. The molecule has 0 bridgehead atoms. The van der Waals surface area contributed by atoms with Gasteiger partial charge in [-0.1, -0.05) is 6.07 Å². The molecule has 138 valence electrons. The number of aromatic nitrogens is 1. The molecule has 1 aliphatic rings. The fourth-order valence-electron chi connectivity index (χ4n) is 2.56. The van der Waals surface area contributed by atoms with Crippen molar-refractivity contribution >= 4 is 11.7 Å². The lowest BCUT2D eigenvalue weighted by molar-refractivity contribution is -0.171. The van der Waals surface area contributed by atoms with Gasteiger partial charge in [-0.25, -0.2) is 8.78 Å². The second-order valence-corrected chi connectivity index (χ2v) is 5.81. The maximum Gasteiger partial charge on any atom is 0.330 e. The number of hydrogen-bond donors (Lipinski definition) is 0. The Morgan fingerprint density at radius 3 is 2.76 bits per heavy atom. The van der Waals surface area contributed by atoms with Crippen LogP contribution in [0.15, 0.2) is 24.4 Å². The number of carbonyl (C=O) groups excluding carboxylic acids is 2. The molecule has 1 fully saturated rings. The number of amides is 1. The second kappa shape index (κ2) is 8.37. The van der Waals surface area contributed by atoms with Crippen molar-refractivity contribution in [1.29, 1.82) is 0 Å². The van der Waals surface area contributed by atoms with E-state index in [-0.39, 0.29) is 12.3 Å². The minimum atomic E-state index is -4.29. The van der Waals surface area contributed by atoms with Gasteiger partial charge in [0.25, 0.3) is 0 Å². The number of nitrogens with zero attached hydrogens (tertiary/aromatic N) is 2. The highest BCUT2D eigenvalue weighted by Gasteiger charge is 2.41. The molecule has 1 atom stereocenters. The molecule has 5 nitrogen and oxygen atoms in total. The molecule has 25 heavy (non-hydrogen) atoms. The zero-order valence-electron chi connectivity index (χ0n) is 13.3. The third kappa shape index (κ3) is 5.22. The Hall–Kier alpha value is -2.03. The number of likely N-dealkylation sites (tertiary alicyclic amines) is 1. The molecule has 0 unspecified atom stereocenters. The summed E-state index contributed by atoms with van der Waals surface area (Å²) in [4.78, 5) is 29.7. The first-order valence-corrected chi connectivity index (χ1v) is 7.78. The van der Waals surface area contributed by atoms with E-state index in [1.54, 1.807) is 18.2 Å². The standard InChI is InChI=1S/C16H18F4N2O3/c17-15(18)16(19,20)10-25-9-13(23)22-7-3-4-11(8-22)14(24)12-5-1-2-6-21-12/h1-2,5-6,11,15H,3-4,7-10H2/t11-/m1/s1. The molecule has 1 aliphatic heterocycles. The van der Waals surface area contributed by atoms with E-state index in [2.05, 4.69) is 9.72 Å². The van der Waals surface area contributed by atoms with Gasteiger partial charge < -0.3 is 9.64 Å². The van der Waals surface area contributed by atoms with E-state index in [1.165, 1.54) is 11.1 Å². The Morgan fingerprint density at radius 1 is 1.36 bits per heavy atom. The Balaban J connectivity index is 1.86. The zero-order valence-corrected chi connectivity index (χ0v) is 13.3. The minimum Gasteiger partial charge on any atom is -0.365 e. The number of alkyl halides is 4. The summed E-state index contributed by atoms with van der Waals surface area (Å²) in [6.07, 6.45) is -1.19. The maximum absolute atomic E-state index is 12.7. The van der Waals surface area contributed by atoms with Gasteiger partial charge in [0.1, 0.15) is 18.9 Å². The Labute approximate surface area is 142 Å². The number of piperidine rings is 1. The fourth-order valence-corrected chi connectivity index (χ4v) is 2.56. The number of carbonyl (C=O) groups is 2. The lowest BCUT2D eigenvalue weighted by Gasteiger charge is -2.32. The van der Waals surface area contributed by atoms with Gasteiger partial charge in [0, 0.05) is 25.2 Å². The highest BCUT2D eigenvalue weighted by molar-refractivity contribution is 5.96. The van der Waals surface area contributed by atoms with Crippen LogP contribution in [0.5, 0.6) is 0 Å². The van der Waals surface area contributed by atoms with Crippen molar-refractivity contribution in [2.45, 2.75) is 25.2 Å². The maximum atomic E-state index is 12.7. The molecule has 1 amide bonds. The van der Waals surface area contributed by atoms with Crippen LogP contribution in [0.1, 0.15) is 23.3 Å². The number of rotatable bonds is 7. The highest BCUT2D eigenvalue weighted by atomic mass is 19.3. The molecule has 1 aromatic rings. The average Bonchev–Trinajstić information content (AvgIpc) is 2.61. The number of hydrogen-bond acceptors (Lipinski definition) is 4. The number of pyridine rings is 1. The van der Waals surface area contributed by atoms with Crippen LogP contribution in [0.3, 0.4) is 0 Å². The topological polar surface area (TPSA) is 59.5 Å². The molecular formula is C16H18F4N2O3. The first kappa shape index (κ1) is 19.3. The normalized spacial score (nSPS) is 18.4. The van der Waals surface area contributed by atoms with Crippen molar-refractivity contribution in [3.63, 3.8) is 0 Å². The Kier molecular flexibility index (Phi) is 6.46. The van der Waals surface area contributed by atoms with Gasteiger partial charge >= 0.3 is 12.3 Å². The summed E-state index contributed by atoms with van der Waals surface area (Å²) in [7, 11) is 0. The van der Waals surface area contributed by atoms with Crippen molar-refractivity contribution in [2.75, 3.05) is 26.3 Å². The van der Waals surface area contributed by atoms with Crippen molar-refractivity contribution in [3.8, 4) is 0 Å². The summed E-state index contributed by atoms with van der Waals surface area (Å²) in [5, 5.41) is 0. The summed E-state index contributed by atoms with van der Waals surface area (Å²) in [5.74, 6) is -5.53. The SMILES string of the molecule is O=C(c1ccccn1)[C@@H]1CCCN(C(=O)COCC(F)(F)C(F)F)C1. The van der Waals surface area contributed by atoms with Crippen LogP contribution in [-0.4, -0.2) is 60.2 Å². The predicted molar refractivity (Wildman–Crippen MR) is 79.6 cm³/mol. The number of Topliss-reactive ketones (excluding diaryl/α,β-unsaturated/α-hetero) is 1. The molecular weight excluding hydrogens is 344 g/mol. The summed E-state index contributed by atoms with van der Waals surface area (Å²) < 4.78 is 54.0. The van der Waals surface area contributed by atoms with Crippen LogP contribution >= 0.6 is 0 Å². The lowest BCUT2D eigenvalue weighted by Crippen LogP contribution is -2.44. The third-order valence-electron chi connectivity index (χ3n) is 3.90. The zero-order chi connectivity index (χ0) is 18.4. The molecule has 1 aromatic heterocycles. The van der Waals surface area contributed by atoms with E-state index in [1.807, 2.05) is 0 Å². The molecule has 0 spiro atoms. The molecule has 0 N–H and O–H groups in total. The van der Waals surface area contributed by atoms with Crippen LogP contribution < -0.4 is 0 Å². The molecule has 2 heterocycles.